The molecule has 0 aliphatic carbocycles. The fraction of sp³-hybridized carbons (Fsp3) is 0.308. The van der Waals surface area contributed by atoms with Crippen molar-refractivity contribution >= 4 is 17.4 Å². The summed E-state index contributed by atoms with van der Waals surface area (Å²) in [4.78, 5) is 19.5. The van der Waals surface area contributed by atoms with Gasteiger partial charge >= 0.3 is 6.18 Å². The van der Waals surface area contributed by atoms with Crippen molar-refractivity contribution in [3.63, 3.8) is 0 Å². The molecule has 0 saturated heterocycles. The number of unbranched alkanes of at least 4 members (excludes halogenated alkanes) is 1. The van der Waals surface area contributed by atoms with E-state index in [2.05, 4.69) is 29.0 Å². The van der Waals surface area contributed by atoms with Gasteiger partial charge in [-0.3, -0.25) is 4.79 Å². The number of alkyl halides is 3. The first kappa shape index (κ1) is 24.3. The molecule has 2 aromatic carbocycles. The van der Waals surface area contributed by atoms with E-state index in [1.54, 1.807) is 43.5 Å². The molecule has 0 atom stereocenters. The van der Waals surface area contributed by atoms with Crippen LogP contribution in [0, 0.1) is 6.92 Å². The van der Waals surface area contributed by atoms with Gasteiger partial charge in [-0.2, -0.15) is 13.2 Å². The van der Waals surface area contributed by atoms with Crippen LogP contribution in [-0.4, -0.2) is 24.0 Å². The van der Waals surface area contributed by atoms with Gasteiger partial charge in [-0.25, -0.2) is 4.98 Å². The minimum absolute atomic E-state index is 0.351. The zero-order chi connectivity index (χ0) is 24.0. The molecule has 1 N–H and O–H groups in total. The van der Waals surface area contributed by atoms with Crippen molar-refractivity contribution < 1.29 is 18.0 Å². The number of nitrogens with zero attached hydrogens (tertiary/aromatic N) is 2. The molecule has 0 aliphatic rings. The van der Waals surface area contributed by atoms with Crippen LogP contribution in [0.25, 0.3) is 11.1 Å². The zero-order valence-corrected chi connectivity index (χ0v) is 19.0. The van der Waals surface area contributed by atoms with E-state index in [-0.39, 0.29) is 5.91 Å². The maximum Gasteiger partial charge on any atom is 0.416 e. The molecule has 0 radical (unpaired) electrons. The lowest BCUT2D eigenvalue weighted by Crippen LogP contribution is -2.24. The first-order valence-corrected chi connectivity index (χ1v) is 11.0. The Bertz CT molecular complexity index is 1090. The summed E-state index contributed by atoms with van der Waals surface area (Å²) in [6, 6.07) is 13.8. The lowest BCUT2D eigenvalue weighted by atomic mass is 9.96. The van der Waals surface area contributed by atoms with Gasteiger partial charge in [-0.1, -0.05) is 31.5 Å². The molecule has 3 aromatic rings. The fourth-order valence-electron chi connectivity index (χ4n) is 3.57. The summed E-state index contributed by atoms with van der Waals surface area (Å²) in [6.45, 7) is 7.79. The number of aryl methyl sites for hydroxylation is 1. The Balaban J connectivity index is 1.79. The van der Waals surface area contributed by atoms with Crippen molar-refractivity contribution in [2.24, 2.45) is 0 Å². The van der Waals surface area contributed by atoms with Crippen LogP contribution in [0.4, 0.5) is 24.7 Å². The van der Waals surface area contributed by atoms with E-state index in [0.717, 1.165) is 49.4 Å². The highest BCUT2D eigenvalue weighted by Crippen LogP contribution is 2.33. The summed E-state index contributed by atoms with van der Waals surface area (Å²) in [7, 11) is 0. The van der Waals surface area contributed by atoms with Gasteiger partial charge < -0.3 is 10.2 Å². The maximum absolute atomic E-state index is 13.1. The van der Waals surface area contributed by atoms with E-state index in [1.165, 1.54) is 6.07 Å². The van der Waals surface area contributed by atoms with E-state index in [4.69, 9.17) is 0 Å². The number of pyridine rings is 1. The number of aromatic nitrogens is 1. The van der Waals surface area contributed by atoms with Crippen LogP contribution in [-0.2, 0) is 6.18 Å². The molecule has 0 aliphatic heterocycles. The second-order valence-electron chi connectivity index (χ2n) is 7.90. The van der Waals surface area contributed by atoms with Crippen LogP contribution in [0.2, 0.25) is 0 Å². The van der Waals surface area contributed by atoms with Crippen molar-refractivity contribution in [1.82, 2.24) is 4.98 Å². The van der Waals surface area contributed by atoms with Gasteiger partial charge in [-0.15, -0.1) is 0 Å². The molecule has 0 bridgehead atoms. The minimum Gasteiger partial charge on any atom is -0.357 e. The number of carbonyl (C=O) groups excluding carboxylic acids is 1. The molecule has 1 heterocycles. The lowest BCUT2D eigenvalue weighted by Gasteiger charge is -2.21. The Labute approximate surface area is 192 Å². The largest absolute Gasteiger partial charge is 0.416 e. The van der Waals surface area contributed by atoms with Gasteiger partial charge in [0.2, 0.25) is 0 Å². The predicted octanol–water partition coefficient (Wildman–Crippen LogP) is 6.95. The van der Waals surface area contributed by atoms with Gasteiger partial charge in [0.05, 0.1) is 17.4 Å². The number of benzene rings is 2. The van der Waals surface area contributed by atoms with E-state index < -0.39 is 11.7 Å². The zero-order valence-electron chi connectivity index (χ0n) is 19.0. The Morgan fingerprint density at radius 1 is 1.06 bits per heavy atom. The Hall–Kier alpha value is -3.35. The molecule has 1 amide bonds. The van der Waals surface area contributed by atoms with Crippen LogP contribution in [0.5, 0.6) is 0 Å². The average molecular weight is 456 g/mol. The first-order chi connectivity index (χ1) is 15.7. The summed E-state index contributed by atoms with van der Waals surface area (Å²) in [5.41, 5.74) is 1.96. The number of nitrogens with one attached hydrogen (secondary N) is 1. The lowest BCUT2D eigenvalue weighted by molar-refractivity contribution is -0.137. The Morgan fingerprint density at radius 2 is 1.85 bits per heavy atom. The number of hydrogen-bond donors (Lipinski definition) is 1. The number of carbonyl (C=O) groups is 1. The number of amides is 1. The topological polar surface area (TPSA) is 45.2 Å². The van der Waals surface area contributed by atoms with Crippen molar-refractivity contribution in [2.45, 2.75) is 39.8 Å². The van der Waals surface area contributed by atoms with Gasteiger partial charge in [0.25, 0.3) is 5.91 Å². The third kappa shape index (κ3) is 6.12. The molecule has 7 heteroatoms. The molecule has 0 unspecified atom stereocenters. The SMILES string of the molecule is CCCCN(CC)c1ccc(NC(=O)c2ccc(C)c(-c3cccc(C(F)(F)F)c3)c2)cn1. The van der Waals surface area contributed by atoms with Crippen LogP contribution < -0.4 is 10.2 Å². The summed E-state index contributed by atoms with van der Waals surface area (Å²) in [5.74, 6) is 0.502. The standard InChI is InChI=1S/C26H28F3N3O/c1-4-6-14-32(5-2)24-13-12-22(17-30-24)31-25(33)20-11-10-18(3)23(16-20)19-8-7-9-21(15-19)26(27,28)29/h7-13,15-17H,4-6,14H2,1-3H3,(H,31,33). The number of hydrogen-bond acceptors (Lipinski definition) is 3. The van der Waals surface area contributed by atoms with Crippen LogP contribution in [0.15, 0.2) is 60.8 Å². The smallest absolute Gasteiger partial charge is 0.357 e. The van der Waals surface area contributed by atoms with E-state index >= 15 is 0 Å². The summed E-state index contributed by atoms with van der Waals surface area (Å²) in [5, 5.41) is 2.82. The Morgan fingerprint density at radius 3 is 2.48 bits per heavy atom. The van der Waals surface area contributed by atoms with Crippen molar-refractivity contribution in [3.05, 3.63) is 77.5 Å². The second kappa shape index (κ2) is 10.5. The molecule has 0 fully saturated rings. The van der Waals surface area contributed by atoms with Gasteiger partial charge in [0.15, 0.2) is 0 Å². The van der Waals surface area contributed by atoms with Crippen LogP contribution in [0.1, 0.15) is 48.2 Å². The molecular formula is C26H28F3N3O. The quantitative estimate of drug-likeness (QED) is 0.400. The minimum atomic E-state index is -4.43. The predicted molar refractivity (Wildman–Crippen MR) is 127 cm³/mol. The van der Waals surface area contributed by atoms with Gasteiger partial charge in [-0.05, 0) is 73.4 Å². The number of rotatable bonds is 8. The van der Waals surface area contributed by atoms with Crippen LogP contribution in [0.3, 0.4) is 0 Å². The van der Waals surface area contributed by atoms with E-state index in [9.17, 15) is 18.0 Å². The molecule has 33 heavy (non-hydrogen) atoms. The molecule has 4 nitrogen and oxygen atoms in total. The normalized spacial score (nSPS) is 11.3. The molecule has 0 spiro atoms. The summed E-state index contributed by atoms with van der Waals surface area (Å²) in [6.07, 6.45) is -0.634. The Kier molecular flexibility index (Phi) is 7.74. The molecule has 0 saturated carbocycles. The van der Waals surface area contributed by atoms with Gasteiger partial charge in [0, 0.05) is 18.7 Å². The molecule has 174 valence electrons. The number of halogens is 3. The maximum atomic E-state index is 13.1. The molecule has 1 aromatic heterocycles. The second-order valence-corrected chi connectivity index (χ2v) is 7.90. The first-order valence-electron chi connectivity index (χ1n) is 11.0. The molecular weight excluding hydrogens is 427 g/mol. The number of anilines is 2. The molecule has 3 rings (SSSR count). The summed E-state index contributed by atoms with van der Waals surface area (Å²) < 4.78 is 39.4. The van der Waals surface area contributed by atoms with Crippen molar-refractivity contribution in [2.75, 3.05) is 23.3 Å². The highest BCUT2D eigenvalue weighted by molar-refractivity contribution is 6.05. The van der Waals surface area contributed by atoms with E-state index in [0.29, 0.717) is 22.4 Å². The van der Waals surface area contributed by atoms with E-state index in [1.807, 2.05) is 6.07 Å². The van der Waals surface area contributed by atoms with Gasteiger partial charge in [0.1, 0.15) is 5.82 Å². The third-order valence-corrected chi connectivity index (χ3v) is 5.49. The third-order valence-electron chi connectivity index (χ3n) is 5.49. The van der Waals surface area contributed by atoms with Crippen molar-refractivity contribution in [1.29, 1.82) is 0 Å². The fourth-order valence-corrected chi connectivity index (χ4v) is 3.57. The monoisotopic (exact) mass is 455 g/mol. The average Bonchev–Trinajstić information content (AvgIpc) is 2.80. The van der Waals surface area contributed by atoms with Crippen LogP contribution >= 0.6 is 0 Å². The highest BCUT2D eigenvalue weighted by Gasteiger charge is 2.30. The summed E-state index contributed by atoms with van der Waals surface area (Å²) >= 11 is 0. The van der Waals surface area contributed by atoms with Crippen molar-refractivity contribution in [3.8, 4) is 11.1 Å². The highest BCUT2D eigenvalue weighted by atomic mass is 19.4.